The Hall–Kier alpha value is -2.08. The van der Waals surface area contributed by atoms with Crippen LogP contribution < -0.4 is 0 Å². The fourth-order valence-electron chi connectivity index (χ4n) is 2.64. The van der Waals surface area contributed by atoms with Crippen LogP contribution >= 0.6 is 11.3 Å². The van der Waals surface area contributed by atoms with Crippen molar-refractivity contribution in [2.45, 2.75) is 32.6 Å². The second-order valence-electron chi connectivity index (χ2n) is 5.27. The Labute approximate surface area is 126 Å². The largest absolute Gasteiger partial charge is 0.264 e. The Morgan fingerprint density at radius 1 is 1.24 bits per heavy atom. The minimum Gasteiger partial charge on any atom is -0.264 e. The molecule has 106 valence electrons. The van der Waals surface area contributed by atoms with E-state index in [0.29, 0.717) is 0 Å². The zero-order valence-corrected chi connectivity index (χ0v) is 12.5. The molecule has 6 heteroatoms. The van der Waals surface area contributed by atoms with Crippen LogP contribution in [0.4, 0.5) is 0 Å². The molecule has 0 bridgehead atoms. The zero-order chi connectivity index (χ0) is 14.2. The second kappa shape index (κ2) is 5.04. The van der Waals surface area contributed by atoms with Gasteiger partial charge in [-0.2, -0.15) is 0 Å². The lowest BCUT2D eigenvalue weighted by atomic mass is 10.1. The van der Waals surface area contributed by atoms with Gasteiger partial charge in [0, 0.05) is 23.7 Å². The molecule has 0 N–H and O–H groups in total. The quantitative estimate of drug-likeness (QED) is 0.727. The summed E-state index contributed by atoms with van der Waals surface area (Å²) in [5.41, 5.74) is 5.19. The van der Waals surface area contributed by atoms with Crippen LogP contribution in [0.3, 0.4) is 0 Å². The fraction of sp³-hybridized carbons (Fsp3) is 0.333. The van der Waals surface area contributed by atoms with Crippen LogP contribution in [0.1, 0.15) is 33.1 Å². The van der Waals surface area contributed by atoms with E-state index in [1.807, 2.05) is 18.5 Å². The number of fused-ring (bicyclic) bond motifs is 3. The molecule has 3 aromatic heterocycles. The molecule has 1 aliphatic rings. The summed E-state index contributed by atoms with van der Waals surface area (Å²) < 4.78 is 4.88. The van der Waals surface area contributed by atoms with Gasteiger partial charge in [0.1, 0.15) is 11.4 Å². The summed E-state index contributed by atoms with van der Waals surface area (Å²) in [4.78, 5) is 10.3. The van der Waals surface area contributed by atoms with E-state index in [2.05, 4.69) is 22.2 Å². The number of aryl methyl sites for hydroxylation is 3. The van der Waals surface area contributed by atoms with Crippen molar-refractivity contribution in [2.24, 2.45) is 0 Å². The van der Waals surface area contributed by atoms with Gasteiger partial charge >= 0.3 is 0 Å². The van der Waals surface area contributed by atoms with Crippen LogP contribution in [-0.4, -0.2) is 20.3 Å². The Morgan fingerprint density at radius 3 is 3.10 bits per heavy atom. The summed E-state index contributed by atoms with van der Waals surface area (Å²) in [6, 6.07) is 2.04. The number of nitrogens with zero attached hydrogens (tertiary/aromatic N) is 4. The van der Waals surface area contributed by atoms with Gasteiger partial charge in [-0.3, -0.25) is 4.98 Å². The molecule has 4 rings (SSSR count). The second-order valence-corrected chi connectivity index (χ2v) is 6.44. The highest BCUT2D eigenvalue weighted by atomic mass is 32.1. The summed E-state index contributed by atoms with van der Waals surface area (Å²) in [5, 5.41) is 9.14. The average Bonchev–Trinajstić information content (AvgIpc) is 3.06. The highest BCUT2D eigenvalue weighted by Gasteiger charge is 2.23. The first-order valence-corrected chi connectivity index (χ1v) is 7.83. The van der Waals surface area contributed by atoms with Crippen molar-refractivity contribution in [1.82, 2.24) is 20.3 Å². The maximum Gasteiger partial charge on any atom is 0.157 e. The summed E-state index contributed by atoms with van der Waals surface area (Å²) in [6.45, 7) is 2.11. The molecule has 21 heavy (non-hydrogen) atoms. The summed E-state index contributed by atoms with van der Waals surface area (Å²) in [7, 11) is 0. The number of hydrogen-bond donors (Lipinski definition) is 0. The predicted molar refractivity (Wildman–Crippen MR) is 79.2 cm³/mol. The highest BCUT2D eigenvalue weighted by molar-refractivity contribution is 7.12. The van der Waals surface area contributed by atoms with Crippen molar-refractivity contribution in [1.29, 1.82) is 0 Å². The number of pyridine rings is 1. The maximum atomic E-state index is 4.88. The first-order valence-electron chi connectivity index (χ1n) is 7.01. The first-order chi connectivity index (χ1) is 10.3. The SMILES string of the molecule is Cc1ccncc1Cc1nc2c(s1)CCCc1nonc1-2. The van der Waals surface area contributed by atoms with Crippen molar-refractivity contribution < 1.29 is 4.63 Å². The lowest BCUT2D eigenvalue weighted by Crippen LogP contribution is -1.93. The van der Waals surface area contributed by atoms with Crippen molar-refractivity contribution in [3.8, 4) is 11.4 Å². The Balaban J connectivity index is 1.72. The minimum absolute atomic E-state index is 0.817. The van der Waals surface area contributed by atoms with Crippen molar-refractivity contribution in [3.05, 3.63) is 45.2 Å². The maximum absolute atomic E-state index is 4.88. The van der Waals surface area contributed by atoms with Gasteiger partial charge < -0.3 is 0 Å². The molecule has 0 aromatic carbocycles. The molecular weight excluding hydrogens is 284 g/mol. The molecule has 3 heterocycles. The van der Waals surface area contributed by atoms with Gasteiger partial charge in [0.05, 0.1) is 5.01 Å². The molecule has 0 aliphatic heterocycles. The van der Waals surface area contributed by atoms with Crippen LogP contribution in [0.25, 0.3) is 11.4 Å². The molecule has 0 saturated heterocycles. The van der Waals surface area contributed by atoms with E-state index in [-0.39, 0.29) is 0 Å². The van der Waals surface area contributed by atoms with Crippen LogP contribution in [-0.2, 0) is 19.3 Å². The van der Waals surface area contributed by atoms with E-state index >= 15 is 0 Å². The van der Waals surface area contributed by atoms with E-state index in [1.165, 1.54) is 16.0 Å². The highest BCUT2D eigenvalue weighted by Crippen LogP contribution is 2.34. The van der Waals surface area contributed by atoms with E-state index < -0.39 is 0 Å². The standard InChI is InChI=1S/C15H14N4OS/c1-9-5-6-16-8-10(9)7-13-17-15-12(21-13)4-2-3-11-14(15)19-20-18-11/h5-6,8H,2-4,7H2,1H3. The molecule has 0 radical (unpaired) electrons. The van der Waals surface area contributed by atoms with Crippen LogP contribution in [0, 0.1) is 6.92 Å². The average molecular weight is 298 g/mol. The van der Waals surface area contributed by atoms with Gasteiger partial charge in [-0.25, -0.2) is 9.61 Å². The third-order valence-electron chi connectivity index (χ3n) is 3.83. The van der Waals surface area contributed by atoms with Gasteiger partial charge in [0.15, 0.2) is 5.69 Å². The molecule has 5 nitrogen and oxygen atoms in total. The lowest BCUT2D eigenvalue weighted by Gasteiger charge is -2.01. The number of thiazole rings is 1. The van der Waals surface area contributed by atoms with E-state index in [1.54, 1.807) is 11.3 Å². The van der Waals surface area contributed by atoms with Crippen LogP contribution in [0.2, 0.25) is 0 Å². The molecule has 1 aliphatic carbocycles. The molecule has 0 unspecified atom stereocenters. The lowest BCUT2D eigenvalue weighted by molar-refractivity contribution is 0.304. The van der Waals surface area contributed by atoms with Crippen molar-refractivity contribution in [3.63, 3.8) is 0 Å². The molecule has 0 fully saturated rings. The predicted octanol–water partition coefficient (Wildman–Crippen LogP) is 2.98. The normalized spacial score (nSPS) is 13.6. The van der Waals surface area contributed by atoms with Crippen LogP contribution in [0.5, 0.6) is 0 Å². The molecular formula is C15H14N4OS. The summed E-state index contributed by atoms with van der Waals surface area (Å²) in [6.07, 6.45) is 7.59. The number of hydrogen-bond acceptors (Lipinski definition) is 6. The van der Waals surface area contributed by atoms with E-state index in [0.717, 1.165) is 47.8 Å². The Kier molecular flexibility index (Phi) is 3.03. The number of aromatic nitrogens is 4. The molecule has 0 atom stereocenters. The van der Waals surface area contributed by atoms with E-state index in [4.69, 9.17) is 9.61 Å². The summed E-state index contributed by atoms with van der Waals surface area (Å²) >= 11 is 1.77. The zero-order valence-electron chi connectivity index (χ0n) is 11.7. The van der Waals surface area contributed by atoms with Crippen molar-refractivity contribution in [2.75, 3.05) is 0 Å². The molecule has 3 aromatic rings. The molecule has 0 saturated carbocycles. The van der Waals surface area contributed by atoms with Gasteiger partial charge in [-0.05, 0) is 48.5 Å². The van der Waals surface area contributed by atoms with Gasteiger partial charge in [-0.1, -0.05) is 5.16 Å². The fourth-order valence-corrected chi connectivity index (χ4v) is 3.78. The molecule has 0 spiro atoms. The van der Waals surface area contributed by atoms with Gasteiger partial charge in [0.25, 0.3) is 0 Å². The summed E-state index contributed by atoms with van der Waals surface area (Å²) in [5.74, 6) is 0. The van der Waals surface area contributed by atoms with Crippen molar-refractivity contribution >= 4 is 11.3 Å². The van der Waals surface area contributed by atoms with Gasteiger partial charge in [0.2, 0.25) is 0 Å². The smallest absolute Gasteiger partial charge is 0.157 e. The van der Waals surface area contributed by atoms with E-state index in [9.17, 15) is 0 Å². The first kappa shape index (κ1) is 12.6. The van der Waals surface area contributed by atoms with Crippen LogP contribution in [0.15, 0.2) is 23.1 Å². The number of rotatable bonds is 2. The topological polar surface area (TPSA) is 64.7 Å². The third-order valence-corrected chi connectivity index (χ3v) is 4.94. The Bertz CT molecular complexity index is 793. The third kappa shape index (κ3) is 2.25. The monoisotopic (exact) mass is 298 g/mol. The Morgan fingerprint density at radius 2 is 2.19 bits per heavy atom. The van der Waals surface area contributed by atoms with Gasteiger partial charge in [-0.15, -0.1) is 11.3 Å². The minimum atomic E-state index is 0.817. The molecule has 0 amide bonds.